The van der Waals surface area contributed by atoms with Crippen LogP contribution >= 0.6 is 23.2 Å². The second-order valence-electron chi connectivity index (χ2n) is 4.54. The Morgan fingerprint density at radius 3 is 2.22 bits per heavy atom. The lowest BCUT2D eigenvalue weighted by molar-refractivity contribution is 0.414. The molecule has 0 amide bonds. The van der Waals surface area contributed by atoms with Crippen molar-refractivity contribution >= 4 is 38.9 Å². The maximum absolute atomic E-state index is 13.1. The number of methoxy groups -OCH3 is 1. The molecule has 0 N–H and O–H groups in total. The molecule has 0 saturated heterocycles. The summed E-state index contributed by atoms with van der Waals surface area (Å²) in [6.45, 7) is 1.81. The first-order valence-electron chi connectivity index (χ1n) is 6.63. The molecule has 0 bridgehead atoms. The van der Waals surface area contributed by atoms with Gasteiger partial charge in [0, 0.05) is 6.54 Å². The van der Waals surface area contributed by atoms with Gasteiger partial charge in [0.1, 0.15) is 21.5 Å². The molecule has 124 valence electrons. The molecular weight excluding hydrogens is 364 g/mol. The summed E-state index contributed by atoms with van der Waals surface area (Å²) < 4.78 is 44.9. The third-order valence-corrected chi connectivity index (χ3v) is 6.12. The Morgan fingerprint density at radius 2 is 1.70 bits per heavy atom. The summed E-state index contributed by atoms with van der Waals surface area (Å²) in [7, 11) is -2.55. The molecule has 0 radical (unpaired) electrons. The summed E-state index contributed by atoms with van der Waals surface area (Å²) in [5.74, 6) is -0.173. The van der Waals surface area contributed by atoms with Crippen molar-refractivity contribution in [1.82, 2.24) is 0 Å². The van der Waals surface area contributed by atoms with Gasteiger partial charge in [-0.15, -0.1) is 0 Å². The van der Waals surface area contributed by atoms with E-state index in [-0.39, 0.29) is 27.2 Å². The smallest absolute Gasteiger partial charge is 0.265 e. The summed E-state index contributed by atoms with van der Waals surface area (Å²) in [5.41, 5.74) is 0.330. The van der Waals surface area contributed by atoms with E-state index in [0.29, 0.717) is 5.69 Å². The Morgan fingerprint density at radius 1 is 1.09 bits per heavy atom. The number of hydrogen-bond acceptors (Lipinski definition) is 3. The molecule has 0 fully saturated rings. The minimum absolute atomic E-state index is 0.0189. The second kappa shape index (κ2) is 6.95. The lowest BCUT2D eigenvalue weighted by Gasteiger charge is -2.24. The molecular formula is C15H14Cl2FNO3S. The molecule has 2 aromatic rings. The number of benzene rings is 2. The monoisotopic (exact) mass is 377 g/mol. The average molecular weight is 378 g/mol. The average Bonchev–Trinajstić information content (AvgIpc) is 2.52. The van der Waals surface area contributed by atoms with Crippen LogP contribution in [0.5, 0.6) is 5.75 Å². The van der Waals surface area contributed by atoms with E-state index in [1.165, 1.54) is 43.5 Å². The van der Waals surface area contributed by atoms with E-state index in [0.717, 1.165) is 4.31 Å². The lowest BCUT2D eigenvalue weighted by Crippen LogP contribution is -2.31. The summed E-state index contributed by atoms with van der Waals surface area (Å²) in [4.78, 5) is -0.142. The van der Waals surface area contributed by atoms with E-state index in [1.807, 2.05) is 0 Å². The van der Waals surface area contributed by atoms with Crippen LogP contribution < -0.4 is 9.04 Å². The van der Waals surface area contributed by atoms with Gasteiger partial charge in [-0.2, -0.15) is 0 Å². The first kappa shape index (κ1) is 17.8. The van der Waals surface area contributed by atoms with E-state index in [4.69, 9.17) is 27.9 Å². The van der Waals surface area contributed by atoms with Crippen LogP contribution in [0.25, 0.3) is 0 Å². The number of nitrogens with zero attached hydrogens (tertiary/aromatic N) is 1. The first-order valence-corrected chi connectivity index (χ1v) is 8.82. The minimum Gasteiger partial charge on any atom is -0.495 e. The van der Waals surface area contributed by atoms with E-state index < -0.39 is 15.8 Å². The van der Waals surface area contributed by atoms with Gasteiger partial charge in [-0.1, -0.05) is 23.2 Å². The SMILES string of the molecule is CCN(c1ccc(F)cc1)S(=O)(=O)c1ccc(OC)c(Cl)c1Cl. The molecule has 2 aromatic carbocycles. The van der Waals surface area contributed by atoms with Gasteiger partial charge in [0.05, 0.1) is 17.8 Å². The zero-order chi connectivity index (χ0) is 17.2. The highest BCUT2D eigenvalue weighted by molar-refractivity contribution is 7.93. The van der Waals surface area contributed by atoms with Crippen LogP contribution in [0.15, 0.2) is 41.3 Å². The van der Waals surface area contributed by atoms with Crippen molar-refractivity contribution < 1.29 is 17.5 Å². The molecule has 0 aliphatic carbocycles. The van der Waals surface area contributed by atoms with Gasteiger partial charge in [-0.3, -0.25) is 4.31 Å². The number of sulfonamides is 1. The predicted octanol–water partition coefficient (Wildman–Crippen LogP) is 4.36. The molecule has 0 unspecified atom stereocenters. The predicted molar refractivity (Wildman–Crippen MR) is 89.6 cm³/mol. The summed E-state index contributed by atoms with van der Waals surface area (Å²) >= 11 is 12.1. The Kier molecular flexibility index (Phi) is 5.39. The highest BCUT2D eigenvalue weighted by Gasteiger charge is 2.28. The van der Waals surface area contributed by atoms with Crippen LogP contribution in [0.4, 0.5) is 10.1 Å². The molecule has 0 aliphatic heterocycles. The van der Waals surface area contributed by atoms with Crippen molar-refractivity contribution in [2.75, 3.05) is 18.0 Å². The van der Waals surface area contributed by atoms with Gasteiger partial charge in [0.25, 0.3) is 10.0 Å². The van der Waals surface area contributed by atoms with E-state index in [9.17, 15) is 12.8 Å². The Bertz CT molecular complexity index is 810. The number of anilines is 1. The molecule has 4 nitrogen and oxygen atoms in total. The fourth-order valence-corrected chi connectivity index (χ4v) is 4.38. The van der Waals surface area contributed by atoms with Crippen LogP contribution in [0.2, 0.25) is 10.0 Å². The zero-order valence-corrected chi connectivity index (χ0v) is 14.7. The van der Waals surface area contributed by atoms with Crippen LogP contribution in [0.3, 0.4) is 0 Å². The molecule has 0 aromatic heterocycles. The maximum Gasteiger partial charge on any atom is 0.265 e. The van der Waals surface area contributed by atoms with E-state index in [2.05, 4.69) is 0 Å². The molecule has 0 spiro atoms. The first-order chi connectivity index (χ1) is 10.8. The number of halogens is 3. The van der Waals surface area contributed by atoms with Crippen LogP contribution in [0.1, 0.15) is 6.92 Å². The van der Waals surface area contributed by atoms with E-state index >= 15 is 0 Å². The Labute approximate surface area is 144 Å². The van der Waals surface area contributed by atoms with Crippen molar-refractivity contribution in [1.29, 1.82) is 0 Å². The van der Waals surface area contributed by atoms with Crippen molar-refractivity contribution in [3.63, 3.8) is 0 Å². The lowest BCUT2D eigenvalue weighted by atomic mass is 10.3. The van der Waals surface area contributed by atoms with Crippen molar-refractivity contribution in [2.45, 2.75) is 11.8 Å². The minimum atomic E-state index is -3.96. The molecule has 0 aliphatic rings. The van der Waals surface area contributed by atoms with Crippen LogP contribution in [-0.4, -0.2) is 22.1 Å². The van der Waals surface area contributed by atoms with Gasteiger partial charge in [-0.05, 0) is 43.3 Å². The molecule has 2 rings (SSSR count). The van der Waals surface area contributed by atoms with E-state index in [1.54, 1.807) is 6.92 Å². The highest BCUT2D eigenvalue weighted by atomic mass is 35.5. The third-order valence-electron chi connectivity index (χ3n) is 3.20. The maximum atomic E-state index is 13.1. The van der Waals surface area contributed by atoms with Gasteiger partial charge in [0.2, 0.25) is 0 Å². The normalized spacial score (nSPS) is 11.3. The van der Waals surface area contributed by atoms with Gasteiger partial charge < -0.3 is 4.74 Å². The van der Waals surface area contributed by atoms with Gasteiger partial charge in [-0.25, -0.2) is 12.8 Å². The van der Waals surface area contributed by atoms with Crippen molar-refractivity contribution in [3.8, 4) is 5.75 Å². The van der Waals surface area contributed by atoms with Crippen LogP contribution in [-0.2, 0) is 10.0 Å². The largest absolute Gasteiger partial charge is 0.495 e. The summed E-state index contributed by atoms with van der Waals surface area (Å²) in [5, 5.41) is -0.100. The fourth-order valence-electron chi connectivity index (χ4n) is 2.09. The second-order valence-corrected chi connectivity index (χ2v) is 7.13. The Hall–Kier alpha value is -1.50. The molecule has 0 heterocycles. The van der Waals surface area contributed by atoms with Crippen molar-refractivity contribution in [2.24, 2.45) is 0 Å². The topological polar surface area (TPSA) is 46.6 Å². The zero-order valence-electron chi connectivity index (χ0n) is 12.4. The Balaban J connectivity index is 2.56. The molecule has 8 heteroatoms. The van der Waals surface area contributed by atoms with Crippen molar-refractivity contribution in [3.05, 3.63) is 52.3 Å². The molecule has 0 atom stereocenters. The number of hydrogen-bond donors (Lipinski definition) is 0. The molecule has 0 saturated carbocycles. The fraction of sp³-hybridized carbons (Fsp3) is 0.200. The van der Waals surface area contributed by atoms with Gasteiger partial charge >= 0.3 is 0 Å². The summed E-state index contributed by atoms with van der Waals surface area (Å²) in [6.07, 6.45) is 0. The third kappa shape index (κ3) is 3.39. The highest BCUT2D eigenvalue weighted by Crippen LogP contribution is 2.38. The van der Waals surface area contributed by atoms with Gasteiger partial charge in [0.15, 0.2) is 0 Å². The molecule has 23 heavy (non-hydrogen) atoms. The summed E-state index contributed by atoms with van der Waals surface area (Å²) in [6, 6.07) is 7.91. The number of rotatable bonds is 5. The standard InChI is InChI=1S/C15H14Cl2FNO3S/c1-3-19(11-6-4-10(18)5-7-11)23(20,21)13-9-8-12(22-2)14(16)15(13)17/h4-9H,3H2,1-2H3. The quantitative estimate of drug-likeness (QED) is 0.777. The van der Waals surface area contributed by atoms with Crippen LogP contribution in [0, 0.1) is 5.82 Å². The number of ether oxygens (including phenoxy) is 1.